The van der Waals surface area contributed by atoms with Gasteiger partial charge in [0.25, 0.3) is 0 Å². The Kier molecular flexibility index (Phi) is 42.3. The molecule has 0 fully saturated rings. The maximum atomic E-state index is 11.7. The number of carboxylic acids is 1. The average Bonchev–Trinajstić information content (AvgIpc) is 1.66. The van der Waals surface area contributed by atoms with Crippen LogP contribution in [0, 0.1) is 21.7 Å². The van der Waals surface area contributed by atoms with Gasteiger partial charge in [0, 0.05) is 132 Å². The second kappa shape index (κ2) is 48.0. The Bertz CT molecular complexity index is 4650. The number of carbonyl (C=O) groups excluding carboxylic acids is 1. The second-order valence-corrected chi connectivity index (χ2v) is 27.5. The monoisotopic (exact) mass is 2060 g/mol. The van der Waals surface area contributed by atoms with E-state index in [9.17, 15) is 19.1 Å². The summed E-state index contributed by atoms with van der Waals surface area (Å²) in [5.41, 5.74) is 8.94. The number of halogens is 14. The first kappa shape index (κ1) is 90.0. The fraction of sp³-hybridized carbons (Fsp3) is 0.141. The molecule has 8 heterocycles. The number of hydrogen-bond acceptors (Lipinski definition) is 11. The Morgan fingerprint density at radius 3 is 1.21 bits per heavy atom. The summed E-state index contributed by atoms with van der Waals surface area (Å²) in [6.07, 6.45) is 20.3. The number of imidazole rings is 4. The average molecular weight is 2060 g/mol. The van der Waals surface area contributed by atoms with Crippen LogP contribution in [0.25, 0.3) is 45.6 Å². The number of hydrogen-bond donors (Lipinski definition) is 2. The summed E-state index contributed by atoms with van der Waals surface area (Å²) in [5, 5.41) is 21.5. The van der Waals surface area contributed by atoms with E-state index in [2.05, 4.69) is 116 Å². The summed E-state index contributed by atoms with van der Waals surface area (Å²) in [6.45, 7) is 13.1. The number of carboxylic acid groups (broad SMARTS) is 1. The number of pyridine rings is 4. The molecule has 102 heavy (non-hydrogen) atoms. The van der Waals surface area contributed by atoms with Crippen molar-refractivity contribution in [3.63, 3.8) is 0 Å². The van der Waals surface area contributed by atoms with Crippen molar-refractivity contribution in [1.82, 2.24) is 58.1 Å². The third kappa shape index (κ3) is 27.1. The number of aliphatic hydroxyl groups excluding tert-OH is 1. The molecule has 4 aromatic carbocycles. The number of allylic oxidation sites excluding steroid dienone is 2. The standard InChI is InChI=1S/C16H10Cl2IN3O2.C16H10Cl2IN3O.C15H9Cl2I2N3.C15H11Cl2N3.C5H10.C2H5.CH3F.CH4O.BrH.Mg/c17-11-3-4-12(18)10(6-11)8-22-13(16(23)24)14(19)21-15(22)9-2-1-5-20-7-9;17-12-3-4-13(18)11(6-12)8-22-14(9-23)15(19)21-16(22)10-2-1-5-20-7-10;16-11-3-4-12(17)10(6-11)8-22-14(19)13(18)21-15(22)9-2-1-5-20-7-9;16-13-3-4-14(17)12(8-13)10-20-7-6-19-15(20)11-2-1-5-18-9-11;1-4-5(2)3;3*1-2;;/h1-7H,8H2,(H,23,24);1-7,9H,8H2;1-7H,8H2;1-9H,10H2;4H,1-3H3;1H2,2H3;1H3;2H,1H3;1H;/q;;;;;-1;;;;+2/p-1/i;;;;;;1D;;;. The Hall–Kier alpha value is -4.42. The Morgan fingerprint density at radius 1 is 0.529 bits per heavy atom. The third-order valence-corrected chi connectivity index (χ3v) is 20.2. The molecule has 0 amide bonds. The molecule has 12 rings (SSSR count). The van der Waals surface area contributed by atoms with Crippen LogP contribution in [0.3, 0.4) is 0 Å². The molecule has 530 valence electrons. The molecule has 0 unspecified atom stereocenters. The van der Waals surface area contributed by atoms with Gasteiger partial charge in [0.15, 0.2) is 12.0 Å². The number of aldehydes is 1. The topological polar surface area (TPSA) is 197 Å². The molecule has 0 aliphatic rings. The summed E-state index contributed by atoms with van der Waals surface area (Å²) >= 11 is 57.7. The second-order valence-electron chi connectivity index (χ2n) is 20.0. The summed E-state index contributed by atoms with van der Waals surface area (Å²) in [7, 11) is 0. The number of alkyl halides is 1. The van der Waals surface area contributed by atoms with E-state index in [-0.39, 0.29) is 52.3 Å². The van der Waals surface area contributed by atoms with Crippen molar-refractivity contribution >= 4 is 218 Å². The molecular formula is C71H62BrCl8FI4MgN12O4. The third-order valence-electron chi connectivity index (χ3n) is 13.4. The normalized spacial score (nSPS) is 10.1. The number of aromatic carboxylic acids is 1. The van der Waals surface area contributed by atoms with E-state index in [0.29, 0.717) is 90.1 Å². The SMILES string of the molecule is CC=C(C)C.CO.Clc1ccc(Cl)c(Cn2c(-c3cccnc3)nc(I)c2I)c1.Clc1ccc(Cl)c(Cn2ccnc2-c2cccnc2)c1.O=C(O)c1c(I)nc(-c2cccnc2)n1Cc1cc(Cl)ccc1Cl.O=Cc1c(I)nc(-c2cccnc2)n1Cc1cc(Cl)ccc1Cl.[2H]CF.[Br-].[CH2-]C.[Mg+2]. The fourth-order valence-corrected chi connectivity index (χ4v) is 12.7. The number of aliphatic hydroxyl groups is 1. The molecular weight excluding hydrogens is 2000 g/mol. The van der Waals surface area contributed by atoms with Gasteiger partial charge in [-0.25, -0.2) is 24.7 Å². The van der Waals surface area contributed by atoms with E-state index in [1.165, 1.54) is 5.57 Å². The Morgan fingerprint density at radius 2 is 0.853 bits per heavy atom. The molecule has 0 radical (unpaired) electrons. The van der Waals surface area contributed by atoms with Crippen LogP contribution in [0.4, 0.5) is 4.39 Å². The van der Waals surface area contributed by atoms with Gasteiger partial charge in [-0.05, 0) is 255 Å². The van der Waals surface area contributed by atoms with Crippen molar-refractivity contribution in [2.45, 2.75) is 53.9 Å². The number of nitrogens with zero attached hydrogens (tertiary/aromatic N) is 12. The van der Waals surface area contributed by atoms with Crippen molar-refractivity contribution in [3.8, 4) is 45.6 Å². The van der Waals surface area contributed by atoms with Crippen LogP contribution in [0.1, 0.15) is 72.3 Å². The zero-order chi connectivity index (χ0) is 74.3. The maximum Gasteiger partial charge on any atom is 2.00 e. The Labute approximate surface area is 714 Å². The molecule has 31 heteroatoms. The van der Waals surface area contributed by atoms with Gasteiger partial charge in [0.05, 0.1) is 34.7 Å². The zero-order valence-corrected chi connectivity index (χ0v) is 72.5. The molecule has 2 N–H and O–H groups in total. The molecule has 8 aromatic heterocycles. The molecule has 0 bridgehead atoms. The quantitative estimate of drug-likeness (QED) is 0.0344. The van der Waals surface area contributed by atoms with Crippen molar-refractivity contribution < 1.29 is 42.5 Å². The fourth-order valence-electron chi connectivity index (χ4n) is 8.73. The van der Waals surface area contributed by atoms with Gasteiger partial charge in [-0.3, -0.25) is 29.1 Å². The van der Waals surface area contributed by atoms with Crippen LogP contribution >= 0.6 is 183 Å². The maximum absolute atomic E-state index is 11.7. The van der Waals surface area contributed by atoms with Gasteiger partial charge in [0.1, 0.15) is 43.8 Å². The molecule has 0 atom stereocenters. The van der Waals surface area contributed by atoms with E-state index in [1.807, 2.05) is 134 Å². The molecule has 0 spiro atoms. The molecule has 0 aliphatic heterocycles. The summed E-state index contributed by atoms with van der Waals surface area (Å²) in [5.74, 6) is 1.86. The van der Waals surface area contributed by atoms with Crippen LogP contribution in [-0.2, 0) is 26.2 Å². The largest absolute Gasteiger partial charge is 2.00 e. The van der Waals surface area contributed by atoms with Gasteiger partial charge in [-0.15, -0.1) is 0 Å². The van der Waals surface area contributed by atoms with E-state index in [4.69, 9.17) is 99.3 Å². The predicted molar refractivity (Wildman–Crippen MR) is 444 cm³/mol. The smallest absolute Gasteiger partial charge is 1.00 e. The molecule has 0 aliphatic carbocycles. The number of benzene rings is 4. The van der Waals surface area contributed by atoms with Crippen LogP contribution in [-0.4, -0.2) is 118 Å². The van der Waals surface area contributed by atoms with Gasteiger partial charge in [0.2, 0.25) is 0 Å². The van der Waals surface area contributed by atoms with Crippen LogP contribution < -0.4 is 17.0 Å². The van der Waals surface area contributed by atoms with E-state index >= 15 is 0 Å². The van der Waals surface area contributed by atoms with Crippen molar-refractivity contribution in [2.24, 2.45) is 0 Å². The first-order valence-corrected chi connectivity index (χ1v) is 36.5. The van der Waals surface area contributed by atoms with Gasteiger partial charge >= 0.3 is 29.0 Å². The van der Waals surface area contributed by atoms with Gasteiger partial charge < -0.3 is 52.4 Å². The van der Waals surface area contributed by atoms with Crippen molar-refractivity contribution in [2.75, 3.05) is 14.3 Å². The van der Waals surface area contributed by atoms with E-state index in [0.717, 1.165) is 71.4 Å². The summed E-state index contributed by atoms with van der Waals surface area (Å²) < 4.78 is 26.1. The minimum absolute atomic E-state index is 0. The van der Waals surface area contributed by atoms with Crippen LogP contribution in [0.5, 0.6) is 0 Å². The minimum Gasteiger partial charge on any atom is -1.00 e. The summed E-state index contributed by atoms with van der Waals surface area (Å²) in [4.78, 5) is 57.6. The molecule has 0 saturated carbocycles. The summed E-state index contributed by atoms with van der Waals surface area (Å²) in [6, 6.07) is 36.4. The number of aromatic nitrogens is 12. The minimum atomic E-state index is -1.06. The van der Waals surface area contributed by atoms with Gasteiger partial charge in [-0.2, -0.15) is 6.92 Å². The zero-order valence-electron chi connectivity index (χ0n) is 55.8. The number of carbonyl (C=O) groups is 2. The first-order valence-electron chi connectivity index (χ1n) is 29.9. The van der Waals surface area contributed by atoms with Gasteiger partial charge in [-0.1, -0.05) is 104 Å². The van der Waals surface area contributed by atoms with E-state index in [1.54, 1.807) is 122 Å². The van der Waals surface area contributed by atoms with Crippen molar-refractivity contribution in [1.29, 1.82) is 0 Å². The van der Waals surface area contributed by atoms with Crippen molar-refractivity contribution in [3.05, 3.63) is 290 Å². The first-order chi connectivity index (χ1) is 48.5. The van der Waals surface area contributed by atoms with Crippen LogP contribution in [0.2, 0.25) is 40.2 Å². The predicted octanol–water partition coefficient (Wildman–Crippen LogP) is 18.8. The number of rotatable bonds is 14. The molecule has 0 saturated heterocycles. The van der Waals surface area contributed by atoms with Crippen LogP contribution in [0.15, 0.2) is 195 Å². The molecule has 12 aromatic rings. The molecule has 16 nitrogen and oxygen atoms in total. The van der Waals surface area contributed by atoms with E-state index < -0.39 is 13.1 Å². The Balaban J connectivity index is 0.000000337.